The highest BCUT2D eigenvalue weighted by atomic mass is 32.2. The molecule has 0 aliphatic heterocycles. The average Bonchev–Trinajstić information content (AvgIpc) is 2.57. The number of aromatic nitrogens is 1. The molecule has 1 unspecified atom stereocenters. The van der Waals surface area contributed by atoms with Crippen molar-refractivity contribution in [3.63, 3.8) is 0 Å². The topological polar surface area (TPSA) is 42.3 Å². The van der Waals surface area contributed by atoms with Gasteiger partial charge in [0.15, 0.2) is 0 Å². The molecule has 0 fully saturated rings. The van der Waals surface area contributed by atoms with E-state index in [4.69, 9.17) is 0 Å². The lowest BCUT2D eigenvalue weighted by Gasteiger charge is -2.08. The summed E-state index contributed by atoms with van der Waals surface area (Å²) in [4.78, 5) is 5.19. The molecule has 1 heterocycles. The Morgan fingerprint density at radius 3 is 2.30 bits per heavy atom. The molecule has 0 saturated carbocycles. The number of nitrogens with zero attached hydrogens (tertiary/aromatic N) is 2. The minimum Gasteiger partial charge on any atom is -0.256 e. The second-order valence-corrected chi connectivity index (χ2v) is 7.70. The summed E-state index contributed by atoms with van der Waals surface area (Å²) in [6, 6.07) is 21.0. The lowest BCUT2D eigenvalue weighted by Crippen LogP contribution is -1.96. The van der Waals surface area contributed by atoms with Crippen LogP contribution in [0.1, 0.15) is 5.56 Å². The molecular weight excluding hydrogens is 304 g/mol. The Bertz CT molecular complexity index is 925. The van der Waals surface area contributed by atoms with Crippen LogP contribution in [0.2, 0.25) is 0 Å². The van der Waals surface area contributed by atoms with Crippen molar-refractivity contribution in [1.29, 1.82) is 0 Å². The summed E-state index contributed by atoms with van der Waals surface area (Å²) in [6.45, 7) is 2.00. The van der Waals surface area contributed by atoms with Gasteiger partial charge >= 0.3 is 0 Å². The molecule has 116 valence electrons. The predicted molar refractivity (Wildman–Crippen MR) is 95.3 cm³/mol. The first-order valence-corrected chi connectivity index (χ1v) is 9.28. The van der Waals surface area contributed by atoms with E-state index in [2.05, 4.69) is 9.35 Å². The Morgan fingerprint density at radius 1 is 0.913 bits per heavy atom. The Hall–Kier alpha value is -2.46. The van der Waals surface area contributed by atoms with E-state index in [1.165, 1.54) is 0 Å². The second kappa shape index (κ2) is 6.34. The van der Waals surface area contributed by atoms with E-state index in [0.29, 0.717) is 5.69 Å². The maximum absolute atomic E-state index is 13.0. The molecule has 0 amide bonds. The van der Waals surface area contributed by atoms with E-state index in [1.54, 1.807) is 6.26 Å². The Labute approximate surface area is 137 Å². The van der Waals surface area contributed by atoms with Gasteiger partial charge in [-0.1, -0.05) is 42.5 Å². The smallest absolute Gasteiger partial charge is 0.0827 e. The van der Waals surface area contributed by atoms with Crippen molar-refractivity contribution < 1.29 is 4.21 Å². The van der Waals surface area contributed by atoms with Gasteiger partial charge in [-0.05, 0) is 36.8 Å². The molecule has 1 atom stereocenters. The van der Waals surface area contributed by atoms with Gasteiger partial charge in [-0.15, -0.1) is 0 Å². The molecule has 23 heavy (non-hydrogen) atoms. The van der Waals surface area contributed by atoms with Gasteiger partial charge in [0.1, 0.15) is 0 Å². The summed E-state index contributed by atoms with van der Waals surface area (Å²) in [5.74, 6) is 0. The van der Waals surface area contributed by atoms with Gasteiger partial charge < -0.3 is 0 Å². The molecular formula is C19H18N2OS. The zero-order valence-electron chi connectivity index (χ0n) is 13.1. The normalized spacial score (nSPS) is 13.3. The van der Waals surface area contributed by atoms with Crippen molar-refractivity contribution in [1.82, 2.24) is 4.98 Å². The summed E-state index contributed by atoms with van der Waals surface area (Å²) >= 11 is 0. The Balaban J connectivity index is 2.13. The van der Waals surface area contributed by atoms with Crippen molar-refractivity contribution in [3.8, 4) is 11.3 Å². The average molecular weight is 322 g/mol. The quantitative estimate of drug-likeness (QED) is 0.692. The summed E-state index contributed by atoms with van der Waals surface area (Å²) in [5.41, 5.74) is 3.52. The number of hydrogen-bond acceptors (Lipinski definition) is 3. The molecule has 0 saturated heterocycles. The van der Waals surface area contributed by atoms with E-state index in [9.17, 15) is 4.21 Å². The third-order valence-electron chi connectivity index (χ3n) is 3.54. The van der Waals surface area contributed by atoms with Crippen LogP contribution in [0.3, 0.4) is 0 Å². The van der Waals surface area contributed by atoms with E-state index in [0.717, 1.165) is 21.7 Å². The monoisotopic (exact) mass is 322 g/mol. The van der Waals surface area contributed by atoms with Crippen LogP contribution in [0.15, 0.2) is 82.2 Å². The van der Waals surface area contributed by atoms with Gasteiger partial charge in [0, 0.05) is 22.9 Å². The standard InChI is InChI=1S/C19H18N2OS/c1-15-12-13-18(20-14-15)17-10-6-7-11-19(17)21-23(2,22)16-8-4-3-5-9-16/h3-14H,1-2H3. The van der Waals surface area contributed by atoms with Gasteiger partial charge in [0.05, 0.1) is 21.1 Å². The van der Waals surface area contributed by atoms with Crippen LogP contribution >= 0.6 is 0 Å². The van der Waals surface area contributed by atoms with Gasteiger partial charge in [-0.3, -0.25) is 4.98 Å². The molecule has 0 N–H and O–H groups in total. The lowest BCUT2D eigenvalue weighted by molar-refractivity contribution is 0.681. The van der Waals surface area contributed by atoms with Crippen LogP contribution in [0, 0.1) is 6.92 Å². The van der Waals surface area contributed by atoms with E-state index in [1.807, 2.05) is 79.9 Å². The highest BCUT2D eigenvalue weighted by Crippen LogP contribution is 2.30. The fourth-order valence-corrected chi connectivity index (χ4v) is 3.61. The van der Waals surface area contributed by atoms with Crippen LogP contribution < -0.4 is 0 Å². The lowest BCUT2D eigenvalue weighted by atomic mass is 10.1. The summed E-state index contributed by atoms with van der Waals surface area (Å²) in [5, 5.41) is 0. The number of hydrogen-bond donors (Lipinski definition) is 0. The van der Waals surface area contributed by atoms with Crippen LogP contribution in [-0.2, 0) is 9.73 Å². The first kappa shape index (κ1) is 15.4. The minimum atomic E-state index is -2.50. The van der Waals surface area contributed by atoms with E-state index in [-0.39, 0.29) is 0 Å². The molecule has 1 aromatic heterocycles. The molecule has 3 rings (SSSR count). The zero-order valence-corrected chi connectivity index (χ0v) is 14.0. The maximum Gasteiger partial charge on any atom is 0.0827 e. The van der Waals surface area contributed by atoms with Crippen LogP contribution in [0.4, 0.5) is 5.69 Å². The van der Waals surface area contributed by atoms with Crippen molar-refractivity contribution in [3.05, 3.63) is 78.5 Å². The Kier molecular flexibility index (Phi) is 4.26. The molecule has 0 aliphatic carbocycles. The van der Waals surface area contributed by atoms with Crippen LogP contribution in [0.25, 0.3) is 11.3 Å². The first-order chi connectivity index (χ1) is 11.1. The van der Waals surface area contributed by atoms with E-state index >= 15 is 0 Å². The molecule has 0 spiro atoms. The largest absolute Gasteiger partial charge is 0.256 e. The zero-order chi connectivity index (χ0) is 16.3. The summed E-state index contributed by atoms with van der Waals surface area (Å²) in [6.07, 6.45) is 3.49. The number of rotatable bonds is 3. The predicted octanol–water partition coefficient (Wildman–Crippen LogP) is 4.85. The van der Waals surface area contributed by atoms with Crippen molar-refractivity contribution in [2.24, 2.45) is 4.36 Å². The molecule has 0 radical (unpaired) electrons. The van der Waals surface area contributed by atoms with Gasteiger partial charge in [-0.25, -0.2) is 4.21 Å². The molecule has 0 aliphatic rings. The van der Waals surface area contributed by atoms with Crippen molar-refractivity contribution in [2.75, 3.05) is 6.26 Å². The molecule has 0 bridgehead atoms. The third-order valence-corrected chi connectivity index (χ3v) is 5.24. The fraction of sp³-hybridized carbons (Fsp3) is 0.105. The van der Waals surface area contributed by atoms with Crippen LogP contribution in [-0.4, -0.2) is 15.4 Å². The first-order valence-electron chi connectivity index (χ1n) is 7.35. The van der Waals surface area contributed by atoms with Crippen molar-refractivity contribution in [2.45, 2.75) is 11.8 Å². The Morgan fingerprint density at radius 2 is 1.61 bits per heavy atom. The third kappa shape index (κ3) is 3.48. The van der Waals surface area contributed by atoms with Gasteiger partial charge in [-0.2, -0.15) is 4.36 Å². The maximum atomic E-state index is 13.0. The van der Waals surface area contributed by atoms with Crippen molar-refractivity contribution >= 4 is 15.4 Å². The van der Waals surface area contributed by atoms with Crippen LogP contribution in [0.5, 0.6) is 0 Å². The molecule has 3 nitrogen and oxygen atoms in total. The summed E-state index contributed by atoms with van der Waals surface area (Å²) in [7, 11) is -2.50. The molecule has 2 aromatic carbocycles. The fourth-order valence-electron chi connectivity index (χ4n) is 2.31. The van der Waals surface area contributed by atoms with Gasteiger partial charge in [0.2, 0.25) is 0 Å². The number of pyridine rings is 1. The second-order valence-electron chi connectivity index (χ2n) is 5.44. The minimum absolute atomic E-state index is 0.695. The highest BCUT2D eigenvalue weighted by molar-refractivity contribution is 7.93. The molecule has 3 aromatic rings. The molecule has 4 heteroatoms. The highest BCUT2D eigenvalue weighted by Gasteiger charge is 2.10. The number of aryl methyl sites for hydroxylation is 1. The summed E-state index contributed by atoms with van der Waals surface area (Å²) < 4.78 is 17.6. The number of benzene rings is 2. The SMILES string of the molecule is Cc1ccc(-c2ccccc2N=S(C)(=O)c2ccccc2)nc1. The van der Waals surface area contributed by atoms with Gasteiger partial charge in [0.25, 0.3) is 0 Å². The van der Waals surface area contributed by atoms with E-state index < -0.39 is 9.73 Å².